The molecule has 0 saturated carbocycles. The lowest BCUT2D eigenvalue weighted by atomic mass is 9.97. The van der Waals surface area contributed by atoms with Crippen molar-refractivity contribution in [1.29, 1.82) is 0 Å². The van der Waals surface area contributed by atoms with Gasteiger partial charge in [-0.25, -0.2) is 9.36 Å². The van der Waals surface area contributed by atoms with Gasteiger partial charge in [-0.3, -0.25) is 85.7 Å². The molecule has 10 amide bonds. The topological polar surface area (TPSA) is 749 Å². The van der Waals surface area contributed by atoms with Crippen LogP contribution >= 0.6 is 15.2 Å². The third-order valence-electron chi connectivity index (χ3n) is 18.7. The number of nitrogens with zero attached hydrogens (tertiary/aromatic N) is 1. The number of carboxylic acid groups (broad SMARTS) is 3. The van der Waals surface area contributed by atoms with Crippen LogP contribution in [0.25, 0.3) is 0 Å². The first-order valence-electron chi connectivity index (χ1n) is 43.5. The van der Waals surface area contributed by atoms with E-state index in [1.807, 2.05) is 6.92 Å². The first kappa shape index (κ1) is 120. The van der Waals surface area contributed by atoms with Crippen LogP contribution in [0.15, 0.2) is 47.5 Å². The molecule has 0 spiro atoms. The number of guanidine groups is 1. The number of benzene rings is 2. The molecule has 2 aromatic rings. The van der Waals surface area contributed by atoms with Gasteiger partial charge in [0.05, 0.1) is 170 Å². The van der Waals surface area contributed by atoms with E-state index >= 15 is 0 Å². The number of aliphatic imine (C=N–C) groups is 1. The number of phenolic OH excluding ortho intramolecular Hbond substituents is 1. The molecule has 3 rings (SSSR count). The molecule has 1 saturated heterocycles. The summed E-state index contributed by atoms with van der Waals surface area (Å²) >= 11 is 0. The third-order valence-corrected chi connectivity index (χ3v) is 22.0. The Balaban J connectivity index is 0.00000186. The van der Waals surface area contributed by atoms with E-state index in [1.165, 1.54) is 24.3 Å². The van der Waals surface area contributed by atoms with Gasteiger partial charge in [0.15, 0.2) is 5.96 Å². The predicted molar refractivity (Wildman–Crippen MR) is 474 cm³/mol. The Bertz CT molecular complexity index is 4070. The number of phosphoric ester groups is 1. The van der Waals surface area contributed by atoms with Gasteiger partial charge in [-0.1, -0.05) is 45.4 Å². The summed E-state index contributed by atoms with van der Waals surface area (Å²) in [6.07, 6.45) is -1.83. The van der Waals surface area contributed by atoms with Crippen LogP contribution in [0.4, 0.5) is 0 Å². The van der Waals surface area contributed by atoms with Gasteiger partial charge < -0.3 is 157 Å². The van der Waals surface area contributed by atoms with Gasteiger partial charge in [0, 0.05) is 71.3 Å². The van der Waals surface area contributed by atoms with Crippen LogP contribution < -0.4 is 69.6 Å². The number of phenols is 1. The molecule has 0 bridgehead atoms. The van der Waals surface area contributed by atoms with E-state index in [9.17, 15) is 101 Å². The number of phosphoric acid groups is 1. The molecule has 8 unspecified atom stereocenters. The highest BCUT2D eigenvalue weighted by Gasteiger charge is 2.36. The highest BCUT2D eigenvalue weighted by atomic mass is 31.2. The van der Waals surface area contributed by atoms with E-state index < -0.39 is 204 Å². The number of amides is 10. The SMILES string of the molecule is CCC(C)C(NC(=O)C(Cc1ccc(O)cc1)NC(=O)CCOCCOCCOCCNC(=O)C(CC(=O)NCCOCCOCCOCCNC(=O)CCP(=O)(O)CC(CCC(=O)O)C(=O)O)NC(=O)COCCOCCOCCOC)C(=O)NCC(=O)NC(CO)C(=O)NC(CCCN=C(N)N)C(N)=O.CCc1ccc(OP2(=O)OCCCO2)c(C(=O)OCOC(=O)CCC(=O)O)c1. The van der Waals surface area contributed by atoms with E-state index in [2.05, 4.69) is 57.6 Å². The number of aryl methyl sites for hydroxylation is 1. The molecule has 21 N–H and O–H groups in total. The number of hydrogen-bond acceptors (Lipinski definition) is 35. The number of hydrogen-bond donors (Lipinski definition) is 18. The molecule has 0 radical (unpaired) electrons. The molecule has 53 heteroatoms. The fraction of sp³-hybridized carbons (Fsp3) is 0.659. The molecule has 764 valence electrons. The first-order chi connectivity index (χ1) is 64.4. The largest absolute Gasteiger partial charge is 0.530 e. The minimum Gasteiger partial charge on any atom is -0.508 e. The molecule has 1 aliphatic heterocycles. The number of nitrogens with one attached hydrogen (secondary N) is 9. The second-order valence-electron chi connectivity index (χ2n) is 29.5. The van der Waals surface area contributed by atoms with Gasteiger partial charge >= 0.3 is 37.7 Å². The summed E-state index contributed by atoms with van der Waals surface area (Å²) in [6, 6.07) is 4.02. The Labute approximate surface area is 780 Å². The van der Waals surface area contributed by atoms with Crippen molar-refractivity contribution in [3.63, 3.8) is 0 Å². The normalized spacial score (nSPS) is 14.0. The average Bonchev–Trinajstić information content (AvgIpc) is 0.810. The maximum atomic E-state index is 13.9. The lowest BCUT2D eigenvalue weighted by Crippen LogP contribution is -2.58. The Morgan fingerprint density at radius 1 is 0.541 bits per heavy atom. The lowest BCUT2D eigenvalue weighted by molar-refractivity contribution is -0.154. The Kier molecular flexibility index (Phi) is 63.9. The number of rotatable bonds is 76. The lowest BCUT2D eigenvalue weighted by Gasteiger charge is -2.27. The quantitative estimate of drug-likeness (QED) is 0.00779. The highest BCUT2D eigenvalue weighted by molar-refractivity contribution is 7.58. The van der Waals surface area contributed by atoms with Gasteiger partial charge in [0.1, 0.15) is 53.9 Å². The third kappa shape index (κ3) is 59.0. The second kappa shape index (κ2) is 71.7. The standard InChI is InChI=1S/C65H112N13O28P.C17H21O10P/c1-4-44(2)58(63(92)73-40-55(84)76-51(41-79)62(91)77-48(59(66)88)6-5-15-72-65(67)68)78-61(90)49(38-45-7-10-47(80)11-8-45)74-53(82)13-19-98-25-29-103-32-28-101-22-18-71-60(89)50(75-56(85)42-106-36-35-105-34-33-102-24-23-97-3)39-54(83)70-17-21-100-27-31-104-30-26-99-20-16-69-52(81)14-37-107(95,96)43-46(64(93)94)9-12-57(86)87;1-2-12-4-5-14(27-28(22)25-8-3-9-26-28)13(10-12)17(21)24-11-23-16(20)7-6-15(18)19/h7-8,10-11,44,46,48-51,58,79-80H,4-6,9,12-43H2,1-3H3,(H2,66,88)(H,69,81)(H,70,83)(H,71,89)(H,73,92)(H,74,82)(H,75,85)(H,76,84)(H,77,91)(H,78,90)(H,86,87)(H,93,94)(H,95,96)(H4,67,68,72);4-5,10H,2-3,6-9,11H2,1H3,(H,18,19). The van der Waals surface area contributed by atoms with Crippen LogP contribution in [0.1, 0.15) is 113 Å². The van der Waals surface area contributed by atoms with Crippen molar-refractivity contribution in [2.45, 2.75) is 134 Å². The summed E-state index contributed by atoms with van der Waals surface area (Å²) in [7, 11) is -6.31. The van der Waals surface area contributed by atoms with E-state index in [0.717, 1.165) is 5.56 Å². The van der Waals surface area contributed by atoms with Crippen molar-refractivity contribution in [3.05, 3.63) is 59.2 Å². The van der Waals surface area contributed by atoms with Gasteiger partial charge in [-0.15, -0.1) is 0 Å². The Morgan fingerprint density at radius 2 is 1.07 bits per heavy atom. The summed E-state index contributed by atoms with van der Waals surface area (Å²) in [6.45, 7) is 6.06. The van der Waals surface area contributed by atoms with E-state index in [-0.39, 0.29) is 206 Å². The maximum Gasteiger partial charge on any atom is 0.530 e. The minimum absolute atomic E-state index is 0.0142. The number of aliphatic hydroxyl groups is 1. The summed E-state index contributed by atoms with van der Waals surface area (Å²) < 4.78 is 104. The molecular formula is C82H133N13O38P2. The number of nitrogens with two attached hydrogens (primary N) is 3. The molecule has 0 aromatic heterocycles. The minimum atomic E-state index is -4.03. The van der Waals surface area contributed by atoms with Gasteiger partial charge in [-0.2, -0.15) is 0 Å². The number of aromatic hydroxyl groups is 1. The van der Waals surface area contributed by atoms with Crippen molar-refractivity contribution < 1.29 is 182 Å². The summed E-state index contributed by atoms with van der Waals surface area (Å²) in [5.41, 5.74) is 17.3. The zero-order valence-electron chi connectivity index (χ0n) is 76.3. The molecule has 1 heterocycles. The zero-order chi connectivity index (χ0) is 100. The maximum absolute atomic E-state index is 13.9. The smallest absolute Gasteiger partial charge is 0.508 e. The number of methoxy groups -OCH3 is 1. The van der Waals surface area contributed by atoms with Crippen molar-refractivity contribution in [2.75, 3.05) is 204 Å². The fourth-order valence-corrected chi connectivity index (χ4v) is 14.3. The predicted octanol–water partition coefficient (Wildman–Crippen LogP) is -3.10. The van der Waals surface area contributed by atoms with E-state index in [0.29, 0.717) is 44.6 Å². The van der Waals surface area contributed by atoms with Crippen LogP contribution in [0, 0.1) is 11.8 Å². The van der Waals surface area contributed by atoms with Gasteiger partial charge in [0.25, 0.3) is 0 Å². The van der Waals surface area contributed by atoms with Crippen molar-refractivity contribution in [2.24, 2.45) is 34.0 Å². The summed E-state index contributed by atoms with van der Waals surface area (Å²) in [4.78, 5) is 200. The summed E-state index contributed by atoms with van der Waals surface area (Å²) in [5.74, 6) is -14.9. The number of aliphatic carboxylic acids is 3. The Morgan fingerprint density at radius 3 is 1.62 bits per heavy atom. The van der Waals surface area contributed by atoms with E-state index in [4.69, 9.17) is 93.1 Å². The monoisotopic (exact) mass is 1970 g/mol. The van der Waals surface area contributed by atoms with Gasteiger partial charge in [-0.05, 0) is 73.4 Å². The van der Waals surface area contributed by atoms with Crippen LogP contribution in [0.5, 0.6) is 11.5 Å². The fourth-order valence-electron chi connectivity index (χ4n) is 11.2. The average molecular weight is 1970 g/mol. The summed E-state index contributed by atoms with van der Waals surface area (Å²) in [5, 5.41) is 69.0. The van der Waals surface area contributed by atoms with Crippen molar-refractivity contribution >= 4 is 110 Å². The molecular weight excluding hydrogens is 1840 g/mol. The van der Waals surface area contributed by atoms with Crippen molar-refractivity contribution in [3.8, 4) is 11.5 Å². The van der Waals surface area contributed by atoms with Crippen LogP contribution in [-0.2, 0) is 155 Å². The number of carbonyl (C=O) groups excluding carboxylic acids is 12. The number of primary amides is 1. The van der Waals surface area contributed by atoms with E-state index in [1.54, 1.807) is 39.2 Å². The zero-order valence-corrected chi connectivity index (χ0v) is 78.1. The van der Waals surface area contributed by atoms with Crippen molar-refractivity contribution in [1.82, 2.24) is 47.9 Å². The number of carbonyl (C=O) groups is 15. The van der Waals surface area contributed by atoms with Gasteiger partial charge in [0.2, 0.25) is 73.2 Å². The first-order valence-corrected chi connectivity index (χ1v) is 46.9. The molecule has 51 nitrogen and oxygen atoms in total. The second-order valence-corrected chi connectivity index (χ2v) is 33.6. The van der Waals surface area contributed by atoms with Crippen LogP contribution in [0.2, 0.25) is 0 Å². The molecule has 0 aliphatic carbocycles. The molecule has 1 aliphatic rings. The molecule has 1 fully saturated rings. The number of carboxylic acids is 3. The molecule has 8 atom stereocenters. The number of ether oxygens (including phenoxy) is 12. The van der Waals surface area contributed by atoms with Crippen LogP contribution in [-0.4, -0.2) is 360 Å². The molecule has 2 aromatic carbocycles. The molecule has 135 heavy (non-hydrogen) atoms. The van der Waals surface area contributed by atoms with Crippen LogP contribution in [0.3, 0.4) is 0 Å². The Hall–Kier alpha value is -10.7. The highest BCUT2D eigenvalue weighted by Crippen LogP contribution is 2.52. The number of aliphatic hydroxyl groups excluding tert-OH is 1. The number of esters is 2.